The van der Waals surface area contributed by atoms with Crippen LogP contribution in [0, 0.1) is 10.8 Å². The van der Waals surface area contributed by atoms with Crippen LogP contribution in [0.5, 0.6) is 0 Å². The second-order valence-corrected chi connectivity index (χ2v) is 8.86. The second-order valence-electron chi connectivity index (χ2n) is 8.86. The van der Waals surface area contributed by atoms with E-state index in [1.54, 1.807) is 0 Å². The van der Waals surface area contributed by atoms with Crippen molar-refractivity contribution in [3.63, 3.8) is 0 Å². The maximum atomic E-state index is 6.42. The summed E-state index contributed by atoms with van der Waals surface area (Å²) in [5.41, 5.74) is 1.98. The standard InChI is InChI=1S/C27H36O2/c1-7-26(3,4)24(28-20-22-15-11-9-12-16-22)19-25(27(5,6)8-2)29-21-23-17-13-10-14-18-23/h7-18,24-25H,1-2,19-21H2,3-6H3/t24-,25-/m0/s1. The van der Waals surface area contributed by atoms with E-state index in [1.807, 2.05) is 48.6 Å². The number of ether oxygens (including phenoxy) is 2. The summed E-state index contributed by atoms with van der Waals surface area (Å²) in [7, 11) is 0. The van der Waals surface area contributed by atoms with Gasteiger partial charge in [0.2, 0.25) is 0 Å². The Hall–Kier alpha value is -2.16. The molecule has 2 heteroatoms. The first-order valence-corrected chi connectivity index (χ1v) is 10.4. The van der Waals surface area contributed by atoms with Gasteiger partial charge in [0.05, 0.1) is 25.4 Å². The van der Waals surface area contributed by atoms with E-state index in [0.29, 0.717) is 13.2 Å². The van der Waals surface area contributed by atoms with E-state index in [0.717, 1.165) is 6.42 Å². The Kier molecular flexibility index (Phi) is 8.43. The molecule has 2 rings (SSSR count). The Morgan fingerprint density at radius 3 is 1.34 bits per heavy atom. The van der Waals surface area contributed by atoms with Crippen LogP contribution >= 0.6 is 0 Å². The molecule has 0 saturated heterocycles. The second kappa shape index (κ2) is 10.6. The van der Waals surface area contributed by atoms with Gasteiger partial charge in [0.25, 0.3) is 0 Å². The monoisotopic (exact) mass is 392 g/mol. The van der Waals surface area contributed by atoms with E-state index in [2.05, 4.69) is 65.1 Å². The Balaban J connectivity index is 2.16. The van der Waals surface area contributed by atoms with Gasteiger partial charge < -0.3 is 9.47 Å². The van der Waals surface area contributed by atoms with Crippen molar-refractivity contribution in [2.45, 2.75) is 59.5 Å². The van der Waals surface area contributed by atoms with E-state index in [1.165, 1.54) is 11.1 Å². The van der Waals surface area contributed by atoms with Crippen molar-refractivity contribution in [3.05, 3.63) is 97.1 Å². The van der Waals surface area contributed by atoms with Crippen LogP contribution in [0.2, 0.25) is 0 Å². The summed E-state index contributed by atoms with van der Waals surface area (Å²) >= 11 is 0. The minimum atomic E-state index is -0.180. The van der Waals surface area contributed by atoms with E-state index in [9.17, 15) is 0 Å². The summed E-state index contributed by atoms with van der Waals surface area (Å²) < 4.78 is 12.8. The molecule has 0 aliphatic rings. The highest BCUT2D eigenvalue weighted by Crippen LogP contribution is 2.35. The largest absolute Gasteiger partial charge is 0.373 e. The molecule has 0 aliphatic carbocycles. The molecule has 2 aromatic rings. The lowest BCUT2D eigenvalue weighted by atomic mass is 9.77. The molecule has 0 saturated carbocycles. The highest BCUT2D eigenvalue weighted by atomic mass is 16.5. The smallest absolute Gasteiger partial charge is 0.0721 e. The number of benzene rings is 2. The zero-order valence-electron chi connectivity index (χ0n) is 18.4. The van der Waals surface area contributed by atoms with Crippen LogP contribution in [0.1, 0.15) is 45.2 Å². The van der Waals surface area contributed by atoms with Gasteiger partial charge in [-0.3, -0.25) is 0 Å². The third-order valence-corrected chi connectivity index (χ3v) is 5.73. The van der Waals surface area contributed by atoms with Gasteiger partial charge in [0, 0.05) is 17.3 Å². The van der Waals surface area contributed by atoms with Gasteiger partial charge in [-0.05, 0) is 11.1 Å². The molecular weight excluding hydrogens is 356 g/mol. The molecule has 156 valence electrons. The Labute approximate surface area is 177 Å². The lowest BCUT2D eigenvalue weighted by Gasteiger charge is -2.39. The molecule has 0 spiro atoms. The minimum Gasteiger partial charge on any atom is -0.373 e. The van der Waals surface area contributed by atoms with Crippen molar-refractivity contribution in [2.24, 2.45) is 10.8 Å². The average molecular weight is 393 g/mol. The topological polar surface area (TPSA) is 18.5 Å². The van der Waals surface area contributed by atoms with Crippen molar-refractivity contribution >= 4 is 0 Å². The molecule has 0 unspecified atom stereocenters. The van der Waals surface area contributed by atoms with Crippen LogP contribution in [-0.4, -0.2) is 12.2 Å². The molecule has 0 heterocycles. The van der Waals surface area contributed by atoms with E-state index in [-0.39, 0.29) is 23.0 Å². The van der Waals surface area contributed by atoms with Crippen LogP contribution in [0.3, 0.4) is 0 Å². The molecule has 2 aromatic carbocycles. The molecule has 0 aromatic heterocycles. The molecule has 0 radical (unpaired) electrons. The first-order chi connectivity index (χ1) is 13.8. The van der Waals surface area contributed by atoms with Gasteiger partial charge in [-0.1, -0.05) is 101 Å². The lowest BCUT2D eigenvalue weighted by Crippen LogP contribution is -2.40. The van der Waals surface area contributed by atoms with E-state index >= 15 is 0 Å². The Morgan fingerprint density at radius 1 is 0.690 bits per heavy atom. The number of hydrogen-bond donors (Lipinski definition) is 0. The minimum absolute atomic E-state index is 0.0276. The predicted octanol–water partition coefficient (Wildman–Crippen LogP) is 6.97. The normalized spacial score (nSPS) is 14.2. The van der Waals surface area contributed by atoms with Crippen molar-refractivity contribution in [3.8, 4) is 0 Å². The highest BCUT2D eigenvalue weighted by molar-refractivity contribution is 5.14. The first kappa shape index (κ1) is 23.1. The van der Waals surface area contributed by atoms with E-state index < -0.39 is 0 Å². The fourth-order valence-corrected chi connectivity index (χ4v) is 3.17. The van der Waals surface area contributed by atoms with Crippen LogP contribution in [0.15, 0.2) is 86.0 Å². The lowest BCUT2D eigenvalue weighted by molar-refractivity contribution is -0.0883. The highest BCUT2D eigenvalue weighted by Gasteiger charge is 2.36. The quantitative estimate of drug-likeness (QED) is 0.363. The summed E-state index contributed by atoms with van der Waals surface area (Å²) in [5, 5.41) is 0. The molecule has 0 bridgehead atoms. The summed E-state index contributed by atoms with van der Waals surface area (Å²) in [4.78, 5) is 0. The van der Waals surface area contributed by atoms with Gasteiger partial charge >= 0.3 is 0 Å². The molecule has 0 N–H and O–H groups in total. The molecule has 0 fully saturated rings. The fraction of sp³-hybridized carbons (Fsp3) is 0.407. The number of rotatable bonds is 12. The van der Waals surface area contributed by atoms with Crippen LogP contribution < -0.4 is 0 Å². The van der Waals surface area contributed by atoms with Crippen LogP contribution in [0.4, 0.5) is 0 Å². The molecule has 0 amide bonds. The van der Waals surface area contributed by atoms with Gasteiger partial charge in [-0.15, -0.1) is 13.2 Å². The maximum absolute atomic E-state index is 6.42. The molecule has 2 nitrogen and oxygen atoms in total. The molecular formula is C27H36O2. The average Bonchev–Trinajstić information content (AvgIpc) is 2.74. The molecule has 0 aliphatic heterocycles. The van der Waals surface area contributed by atoms with Crippen molar-refractivity contribution in [1.82, 2.24) is 0 Å². The zero-order valence-corrected chi connectivity index (χ0v) is 18.4. The zero-order chi connectivity index (χ0) is 21.3. The predicted molar refractivity (Wildman–Crippen MR) is 123 cm³/mol. The summed E-state index contributed by atoms with van der Waals surface area (Å²) in [6.45, 7) is 17.9. The van der Waals surface area contributed by atoms with Crippen LogP contribution in [-0.2, 0) is 22.7 Å². The summed E-state index contributed by atoms with van der Waals surface area (Å²) in [6, 6.07) is 20.6. The van der Waals surface area contributed by atoms with Crippen LogP contribution in [0.25, 0.3) is 0 Å². The third kappa shape index (κ3) is 6.99. The molecule has 29 heavy (non-hydrogen) atoms. The molecule has 2 atom stereocenters. The first-order valence-electron chi connectivity index (χ1n) is 10.4. The van der Waals surface area contributed by atoms with Gasteiger partial charge in [-0.2, -0.15) is 0 Å². The van der Waals surface area contributed by atoms with Gasteiger partial charge in [0.1, 0.15) is 0 Å². The SMILES string of the molecule is C=CC(C)(C)[C@H](C[C@H](OCc1ccccc1)C(C)(C)C=C)OCc1ccccc1. The third-order valence-electron chi connectivity index (χ3n) is 5.73. The Bertz CT molecular complexity index is 681. The van der Waals surface area contributed by atoms with Crippen molar-refractivity contribution in [2.75, 3.05) is 0 Å². The van der Waals surface area contributed by atoms with Crippen molar-refractivity contribution in [1.29, 1.82) is 0 Å². The fourth-order valence-electron chi connectivity index (χ4n) is 3.17. The number of hydrogen-bond acceptors (Lipinski definition) is 2. The van der Waals surface area contributed by atoms with E-state index in [4.69, 9.17) is 9.47 Å². The summed E-state index contributed by atoms with van der Waals surface area (Å²) in [5.74, 6) is 0. The van der Waals surface area contributed by atoms with Gasteiger partial charge in [-0.25, -0.2) is 0 Å². The maximum Gasteiger partial charge on any atom is 0.0721 e. The van der Waals surface area contributed by atoms with Gasteiger partial charge in [0.15, 0.2) is 0 Å². The summed E-state index contributed by atoms with van der Waals surface area (Å²) in [6.07, 6.45) is 4.67. The van der Waals surface area contributed by atoms with Crippen molar-refractivity contribution < 1.29 is 9.47 Å². The Morgan fingerprint density at radius 2 is 1.03 bits per heavy atom.